The summed E-state index contributed by atoms with van der Waals surface area (Å²) < 4.78 is 5.59. The van der Waals surface area contributed by atoms with E-state index >= 15 is 0 Å². The molecule has 1 heterocycles. The molecule has 0 saturated heterocycles. The van der Waals surface area contributed by atoms with Crippen LogP contribution in [0, 0.1) is 5.41 Å². The van der Waals surface area contributed by atoms with Gasteiger partial charge in [-0.15, -0.1) is 0 Å². The molecule has 1 atom stereocenters. The summed E-state index contributed by atoms with van der Waals surface area (Å²) in [5.74, 6) is 0.202. The summed E-state index contributed by atoms with van der Waals surface area (Å²) in [5, 5.41) is 5.63. The fourth-order valence-electron chi connectivity index (χ4n) is 2.17. The fourth-order valence-corrected chi connectivity index (χ4v) is 2.17. The summed E-state index contributed by atoms with van der Waals surface area (Å²) in [5.41, 5.74) is 0.914. The number of carbonyl (C=O) groups excluding carboxylic acids is 2. The summed E-state index contributed by atoms with van der Waals surface area (Å²) in [6.45, 7) is 2.82. The highest BCUT2D eigenvalue weighted by molar-refractivity contribution is 5.99. The lowest BCUT2D eigenvalue weighted by Crippen LogP contribution is -2.41. The van der Waals surface area contributed by atoms with Crippen molar-refractivity contribution in [3.05, 3.63) is 24.3 Å². The van der Waals surface area contributed by atoms with E-state index in [9.17, 15) is 9.59 Å². The molecule has 1 fully saturated rings. The Balaban J connectivity index is 1.57. The number of rotatable bonds is 4. The van der Waals surface area contributed by atoms with Crippen LogP contribution in [0.15, 0.2) is 24.3 Å². The van der Waals surface area contributed by atoms with E-state index in [0.717, 1.165) is 12.8 Å². The minimum Gasteiger partial charge on any atom is -0.478 e. The zero-order valence-corrected chi connectivity index (χ0v) is 11.4. The molecule has 0 aromatic heterocycles. The number of carbonyl (C=O) groups is 2. The van der Waals surface area contributed by atoms with Gasteiger partial charge in [0.1, 0.15) is 5.75 Å². The summed E-state index contributed by atoms with van der Waals surface area (Å²) in [4.78, 5) is 23.8. The molecular formula is C15H18N2O3. The summed E-state index contributed by atoms with van der Waals surface area (Å²) in [6.07, 6.45) is 1.61. The van der Waals surface area contributed by atoms with Crippen LogP contribution in [-0.2, 0) is 9.59 Å². The molecule has 3 rings (SSSR count). The Labute approximate surface area is 117 Å². The highest BCUT2D eigenvalue weighted by Gasteiger charge is 2.37. The largest absolute Gasteiger partial charge is 0.478 e. The Morgan fingerprint density at radius 3 is 2.95 bits per heavy atom. The molecular weight excluding hydrogens is 256 g/mol. The van der Waals surface area contributed by atoms with Crippen LogP contribution in [-0.4, -0.2) is 24.5 Å². The number of benzene rings is 1. The van der Waals surface area contributed by atoms with E-state index in [1.165, 1.54) is 0 Å². The van der Waals surface area contributed by atoms with Crippen molar-refractivity contribution >= 4 is 17.5 Å². The van der Waals surface area contributed by atoms with Crippen molar-refractivity contribution in [3.63, 3.8) is 0 Å². The van der Waals surface area contributed by atoms with Crippen LogP contribution < -0.4 is 15.4 Å². The third-order valence-corrected chi connectivity index (χ3v) is 3.89. The Bertz CT molecular complexity index is 552. The Hall–Kier alpha value is -2.04. The van der Waals surface area contributed by atoms with Crippen LogP contribution in [0.1, 0.15) is 26.2 Å². The van der Waals surface area contributed by atoms with Crippen molar-refractivity contribution in [2.24, 2.45) is 5.41 Å². The van der Waals surface area contributed by atoms with E-state index in [1.54, 1.807) is 12.1 Å². The maximum absolute atomic E-state index is 11.9. The van der Waals surface area contributed by atoms with Gasteiger partial charge in [-0.25, -0.2) is 0 Å². The molecule has 5 heteroatoms. The first-order chi connectivity index (χ1) is 9.56. The molecule has 1 aliphatic heterocycles. The van der Waals surface area contributed by atoms with Crippen molar-refractivity contribution in [3.8, 4) is 5.75 Å². The zero-order chi connectivity index (χ0) is 14.2. The average molecular weight is 274 g/mol. The van der Waals surface area contributed by atoms with E-state index in [1.807, 2.05) is 12.1 Å². The van der Waals surface area contributed by atoms with Gasteiger partial charge in [0.2, 0.25) is 5.91 Å². The fraction of sp³-hybridized carbons (Fsp3) is 0.467. The molecule has 20 heavy (non-hydrogen) atoms. The number of fused-ring (bicyclic) bond motifs is 1. The first kappa shape index (κ1) is 13.0. The number of hydrogen-bond donors (Lipinski definition) is 2. The Kier molecular flexibility index (Phi) is 3.12. The molecule has 2 amide bonds. The maximum atomic E-state index is 11.9. The molecule has 1 aromatic carbocycles. The van der Waals surface area contributed by atoms with Crippen LogP contribution in [0.25, 0.3) is 0 Å². The molecule has 1 aromatic rings. The van der Waals surface area contributed by atoms with Gasteiger partial charge in [-0.1, -0.05) is 19.1 Å². The Morgan fingerprint density at radius 2 is 2.20 bits per heavy atom. The van der Waals surface area contributed by atoms with Crippen molar-refractivity contribution in [1.82, 2.24) is 5.32 Å². The van der Waals surface area contributed by atoms with Crippen molar-refractivity contribution < 1.29 is 14.3 Å². The summed E-state index contributed by atoms with van der Waals surface area (Å²) in [7, 11) is 0. The van der Waals surface area contributed by atoms with Crippen molar-refractivity contribution in [1.29, 1.82) is 0 Å². The number of anilines is 1. The second kappa shape index (κ2) is 4.81. The predicted octanol–water partition coefficient (Wildman–Crippen LogP) is 1.69. The monoisotopic (exact) mass is 274 g/mol. The van der Waals surface area contributed by atoms with Gasteiger partial charge in [0.15, 0.2) is 6.10 Å². The zero-order valence-electron chi connectivity index (χ0n) is 11.4. The topological polar surface area (TPSA) is 67.4 Å². The second-order valence-corrected chi connectivity index (χ2v) is 5.88. The SMILES string of the molecule is CC1(CNC(=O)CC2Oc3ccccc3NC2=O)CC1. The van der Waals surface area contributed by atoms with Gasteiger partial charge >= 0.3 is 0 Å². The van der Waals surface area contributed by atoms with Crippen molar-refractivity contribution in [2.75, 3.05) is 11.9 Å². The van der Waals surface area contributed by atoms with E-state index in [0.29, 0.717) is 18.0 Å². The van der Waals surface area contributed by atoms with Gasteiger partial charge in [0, 0.05) is 6.54 Å². The second-order valence-electron chi connectivity index (χ2n) is 5.88. The number of ether oxygens (including phenoxy) is 1. The predicted molar refractivity (Wildman–Crippen MR) is 74.5 cm³/mol. The van der Waals surface area contributed by atoms with Crippen LogP contribution in [0.4, 0.5) is 5.69 Å². The lowest BCUT2D eigenvalue weighted by atomic mass is 10.1. The number of nitrogens with one attached hydrogen (secondary N) is 2. The van der Waals surface area contributed by atoms with Crippen LogP contribution in [0.2, 0.25) is 0 Å². The highest BCUT2D eigenvalue weighted by atomic mass is 16.5. The molecule has 2 N–H and O–H groups in total. The van der Waals surface area contributed by atoms with Crippen LogP contribution in [0.3, 0.4) is 0 Å². The van der Waals surface area contributed by atoms with Crippen molar-refractivity contribution in [2.45, 2.75) is 32.3 Å². The van der Waals surface area contributed by atoms with Gasteiger partial charge in [0.25, 0.3) is 5.91 Å². The first-order valence-corrected chi connectivity index (χ1v) is 6.89. The molecule has 0 bridgehead atoms. The Morgan fingerprint density at radius 1 is 1.45 bits per heavy atom. The summed E-state index contributed by atoms with van der Waals surface area (Å²) in [6, 6.07) is 7.22. The highest BCUT2D eigenvalue weighted by Crippen LogP contribution is 2.44. The minimum atomic E-state index is -0.753. The van der Waals surface area contributed by atoms with Gasteiger partial charge < -0.3 is 15.4 Å². The van der Waals surface area contributed by atoms with E-state index in [4.69, 9.17) is 4.74 Å². The third-order valence-electron chi connectivity index (χ3n) is 3.89. The molecule has 2 aliphatic rings. The van der Waals surface area contributed by atoms with Gasteiger partial charge in [-0.3, -0.25) is 9.59 Å². The quantitative estimate of drug-likeness (QED) is 0.878. The van der Waals surface area contributed by atoms with Crippen LogP contribution >= 0.6 is 0 Å². The van der Waals surface area contributed by atoms with E-state index < -0.39 is 6.10 Å². The number of para-hydroxylation sites is 2. The number of hydrogen-bond acceptors (Lipinski definition) is 3. The molecule has 1 unspecified atom stereocenters. The molecule has 5 nitrogen and oxygen atoms in total. The van der Waals surface area contributed by atoms with E-state index in [2.05, 4.69) is 17.6 Å². The first-order valence-electron chi connectivity index (χ1n) is 6.89. The minimum absolute atomic E-state index is 0.0518. The molecule has 106 valence electrons. The molecule has 0 radical (unpaired) electrons. The standard InChI is InChI=1S/C15H18N2O3/c1-15(6-7-15)9-16-13(18)8-12-14(19)17-10-4-2-3-5-11(10)20-12/h2-5,12H,6-9H2,1H3,(H,16,18)(H,17,19). The summed E-state index contributed by atoms with van der Waals surface area (Å²) >= 11 is 0. The maximum Gasteiger partial charge on any atom is 0.266 e. The molecule has 1 aliphatic carbocycles. The lowest BCUT2D eigenvalue weighted by molar-refractivity contribution is -0.130. The van der Waals surface area contributed by atoms with Gasteiger partial charge in [-0.05, 0) is 30.4 Å². The van der Waals surface area contributed by atoms with E-state index in [-0.39, 0.29) is 23.7 Å². The molecule has 1 saturated carbocycles. The smallest absolute Gasteiger partial charge is 0.266 e. The van der Waals surface area contributed by atoms with Crippen LogP contribution in [0.5, 0.6) is 5.75 Å². The van der Waals surface area contributed by atoms with Gasteiger partial charge in [0.05, 0.1) is 12.1 Å². The molecule has 0 spiro atoms. The lowest BCUT2D eigenvalue weighted by Gasteiger charge is -2.25. The average Bonchev–Trinajstić information content (AvgIpc) is 3.16. The normalized spacial score (nSPS) is 22.2. The van der Waals surface area contributed by atoms with Gasteiger partial charge in [-0.2, -0.15) is 0 Å². The third kappa shape index (κ3) is 2.76. The number of amides is 2.